The Kier molecular flexibility index (Phi) is 3.33. The Balaban J connectivity index is 2.07. The number of nitrogens with two attached hydrogens (primary N) is 1. The fraction of sp³-hybridized carbons (Fsp3) is 0.412. The zero-order chi connectivity index (χ0) is 12.4. The first-order valence-corrected chi connectivity index (χ1v) is 7.09. The molecule has 0 heterocycles. The largest absolute Gasteiger partial charge is 0.327 e. The lowest BCUT2D eigenvalue weighted by molar-refractivity contribution is 0.508. The molecule has 0 spiro atoms. The summed E-state index contributed by atoms with van der Waals surface area (Å²) in [6.45, 7) is 0. The van der Waals surface area contributed by atoms with Crippen molar-refractivity contribution in [3.8, 4) is 0 Å². The summed E-state index contributed by atoms with van der Waals surface area (Å²) >= 11 is 0. The van der Waals surface area contributed by atoms with E-state index in [0.29, 0.717) is 12.0 Å². The molecule has 0 aliphatic heterocycles. The third-order valence-electron chi connectivity index (χ3n) is 4.29. The maximum absolute atomic E-state index is 6.40. The average molecular weight is 239 g/mol. The number of benzene rings is 2. The van der Waals surface area contributed by atoms with E-state index >= 15 is 0 Å². The van der Waals surface area contributed by atoms with Gasteiger partial charge in [-0.1, -0.05) is 61.7 Å². The molecule has 2 aromatic carbocycles. The maximum atomic E-state index is 6.40. The van der Waals surface area contributed by atoms with Gasteiger partial charge in [-0.25, -0.2) is 0 Å². The lowest BCUT2D eigenvalue weighted by atomic mass is 9.85. The molecule has 0 aromatic heterocycles. The zero-order valence-electron chi connectivity index (χ0n) is 10.8. The predicted octanol–water partition coefficient (Wildman–Crippen LogP) is 4.21. The first-order chi connectivity index (χ1) is 8.86. The fourth-order valence-corrected chi connectivity index (χ4v) is 3.30. The van der Waals surface area contributed by atoms with Crippen LogP contribution in [0.1, 0.15) is 43.6 Å². The summed E-state index contributed by atoms with van der Waals surface area (Å²) in [4.78, 5) is 0. The van der Waals surface area contributed by atoms with Crippen LogP contribution in [0.25, 0.3) is 10.8 Å². The molecule has 0 radical (unpaired) electrons. The third kappa shape index (κ3) is 2.15. The number of rotatable bonds is 1. The molecule has 3 rings (SSSR count). The first-order valence-electron chi connectivity index (χ1n) is 7.09. The number of fused-ring (bicyclic) bond motifs is 1. The van der Waals surface area contributed by atoms with Crippen molar-refractivity contribution in [3.05, 3.63) is 48.0 Å². The van der Waals surface area contributed by atoms with E-state index in [1.807, 2.05) is 0 Å². The maximum Gasteiger partial charge on any atom is 0.0108 e. The van der Waals surface area contributed by atoms with Crippen LogP contribution < -0.4 is 5.73 Å². The highest BCUT2D eigenvalue weighted by atomic mass is 14.7. The highest BCUT2D eigenvalue weighted by molar-refractivity contribution is 5.86. The third-order valence-corrected chi connectivity index (χ3v) is 4.29. The topological polar surface area (TPSA) is 26.0 Å². The Hall–Kier alpha value is -1.34. The van der Waals surface area contributed by atoms with E-state index in [0.717, 1.165) is 0 Å². The van der Waals surface area contributed by atoms with Crippen LogP contribution in [0.3, 0.4) is 0 Å². The van der Waals surface area contributed by atoms with Crippen LogP contribution in [0.15, 0.2) is 42.5 Å². The van der Waals surface area contributed by atoms with Crippen molar-refractivity contribution in [1.29, 1.82) is 0 Å². The Labute approximate surface area is 109 Å². The van der Waals surface area contributed by atoms with Crippen molar-refractivity contribution in [2.24, 2.45) is 5.73 Å². The minimum Gasteiger partial charge on any atom is -0.327 e. The second kappa shape index (κ2) is 5.11. The van der Waals surface area contributed by atoms with E-state index in [-0.39, 0.29) is 0 Å². The highest BCUT2D eigenvalue weighted by Gasteiger charge is 2.23. The van der Waals surface area contributed by atoms with E-state index < -0.39 is 0 Å². The van der Waals surface area contributed by atoms with Crippen LogP contribution in [0, 0.1) is 0 Å². The molecule has 1 heteroatoms. The minimum absolute atomic E-state index is 0.332. The summed E-state index contributed by atoms with van der Waals surface area (Å²) in [5, 5.41) is 2.73. The quantitative estimate of drug-likeness (QED) is 0.741. The Morgan fingerprint density at radius 2 is 1.61 bits per heavy atom. The van der Waals surface area contributed by atoms with Crippen molar-refractivity contribution in [2.75, 3.05) is 0 Å². The highest BCUT2D eigenvalue weighted by Crippen LogP contribution is 2.34. The fourth-order valence-electron chi connectivity index (χ4n) is 3.30. The molecule has 1 saturated carbocycles. The van der Waals surface area contributed by atoms with Crippen LogP contribution in [-0.4, -0.2) is 6.04 Å². The molecule has 2 atom stereocenters. The van der Waals surface area contributed by atoms with Gasteiger partial charge in [-0.15, -0.1) is 0 Å². The van der Waals surface area contributed by atoms with Crippen molar-refractivity contribution in [1.82, 2.24) is 0 Å². The predicted molar refractivity (Wildman–Crippen MR) is 77.7 cm³/mol. The summed E-state index contributed by atoms with van der Waals surface area (Å²) in [6, 6.07) is 15.7. The van der Waals surface area contributed by atoms with Gasteiger partial charge in [0.2, 0.25) is 0 Å². The molecule has 0 amide bonds. The molecule has 1 aliphatic rings. The van der Waals surface area contributed by atoms with Gasteiger partial charge >= 0.3 is 0 Å². The number of hydrogen-bond acceptors (Lipinski definition) is 1. The molecular formula is C17H21N. The molecule has 1 nitrogen and oxygen atoms in total. The summed E-state index contributed by atoms with van der Waals surface area (Å²) in [6.07, 6.45) is 6.38. The zero-order valence-corrected chi connectivity index (χ0v) is 10.8. The summed E-state index contributed by atoms with van der Waals surface area (Å²) < 4.78 is 0. The van der Waals surface area contributed by atoms with Gasteiger partial charge in [-0.05, 0) is 35.1 Å². The second-order valence-electron chi connectivity index (χ2n) is 5.48. The van der Waals surface area contributed by atoms with Gasteiger partial charge in [0.05, 0.1) is 0 Å². The van der Waals surface area contributed by atoms with Gasteiger partial charge in [0.25, 0.3) is 0 Å². The standard InChI is InChI=1S/C17H21N/c18-17-12-3-1-2-10-16(17)15-11-6-8-13-7-4-5-9-14(13)15/h4-9,11,16-17H,1-3,10,12,18H2. The second-order valence-corrected chi connectivity index (χ2v) is 5.48. The van der Waals surface area contributed by atoms with Gasteiger partial charge in [0.1, 0.15) is 0 Å². The van der Waals surface area contributed by atoms with E-state index in [9.17, 15) is 0 Å². The molecule has 0 saturated heterocycles. The van der Waals surface area contributed by atoms with Crippen LogP contribution >= 0.6 is 0 Å². The molecule has 2 unspecified atom stereocenters. The molecule has 2 aromatic rings. The molecular weight excluding hydrogens is 218 g/mol. The van der Waals surface area contributed by atoms with Gasteiger partial charge in [0, 0.05) is 6.04 Å². The first kappa shape index (κ1) is 11.7. The van der Waals surface area contributed by atoms with Crippen LogP contribution in [-0.2, 0) is 0 Å². The van der Waals surface area contributed by atoms with E-state index in [2.05, 4.69) is 42.5 Å². The summed E-state index contributed by atoms with van der Waals surface area (Å²) in [5.41, 5.74) is 7.86. The Bertz CT molecular complexity index is 527. The van der Waals surface area contributed by atoms with Crippen molar-refractivity contribution in [2.45, 2.75) is 44.1 Å². The van der Waals surface area contributed by atoms with Crippen LogP contribution in [0.4, 0.5) is 0 Å². The number of hydrogen-bond donors (Lipinski definition) is 1. The molecule has 94 valence electrons. The van der Waals surface area contributed by atoms with Crippen molar-refractivity contribution < 1.29 is 0 Å². The summed E-state index contributed by atoms with van der Waals surface area (Å²) in [7, 11) is 0. The van der Waals surface area contributed by atoms with Crippen LogP contribution in [0.2, 0.25) is 0 Å². The Morgan fingerprint density at radius 3 is 2.56 bits per heavy atom. The van der Waals surface area contributed by atoms with Gasteiger partial charge in [0.15, 0.2) is 0 Å². The van der Waals surface area contributed by atoms with Crippen molar-refractivity contribution >= 4 is 10.8 Å². The van der Waals surface area contributed by atoms with Gasteiger partial charge < -0.3 is 5.73 Å². The lowest BCUT2D eigenvalue weighted by Gasteiger charge is -2.23. The monoisotopic (exact) mass is 239 g/mol. The lowest BCUT2D eigenvalue weighted by Crippen LogP contribution is -2.27. The van der Waals surface area contributed by atoms with Crippen molar-refractivity contribution in [3.63, 3.8) is 0 Å². The summed E-state index contributed by atoms with van der Waals surface area (Å²) in [5.74, 6) is 0.540. The van der Waals surface area contributed by atoms with Gasteiger partial charge in [-0.2, -0.15) is 0 Å². The smallest absolute Gasteiger partial charge is 0.0108 e. The Morgan fingerprint density at radius 1 is 0.833 bits per heavy atom. The normalized spacial score (nSPS) is 24.9. The van der Waals surface area contributed by atoms with E-state index in [4.69, 9.17) is 5.73 Å². The molecule has 0 bridgehead atoms. The SMILES string of the molecule is NC1CCCCCC1c1cccc2ccccc12. The average Bonchev–Trinajstić information content (AvgIpc) is 2.63. The van der Waals surface area contributed by atoms with E-state index in [1.165, 1.54) is 48.4 Å². The molecule has 2 N–H and O–H groups in total. The van der Waals surface area contributed by atoms with Gasteiger partial charge in [-0.3, -0.25) is 0 Å². The molecule has 18 heavy (non-hydrogen) atoms. The minimum atomic E-state index is 0.332. The molecule has 1 fully saturated rings. The van der Waals surface area contributed by atoms with Crippen LogP contribution in [0.5, 0.6) is 0 Å². The van der Waals surface area contributed by atoms with E-state index in [1.54, 1.807) is 0 Å². The molecule has 1 aliphatic carbocycles.